The molecule has 2 saturated heterocycles. The van der Waals surface area contributed by atoms with Crippen LogP contribution in [-0.2, 0) is 13.1 Å². The Hall–Kier alpha value is -4.55. The van der Waals surface area contributed by atoms with Gasteiger partial charge in [-0.15, -0.1) is 0 Å². The van der Waals surface area contributed by atoms with Crippen molar-refractivity contribution < 1.29 is 9.47 Å². The van der Waals surface area contributed by atoms with Crippen LogP contribution in [0.25, 0.3) is 33.6 Å². The van der Waals surface area contributed by atoms with Crippen molar-refractivity contribution in [3.8, 4) is 45.4 Å². The van der Waals surface area contributed by atoms with Crippen molar-refractivity contribution in [2.75, 3.05) is 40.4 Å². The summed E-state index contributed by atoms with van der Waals surface area (Å²) in [5, 5.41) is 11.1. The third-order valence-electron chi connectivity index (χ3n) is 9.50. The van der Waals surface area contributed by atoms with Gasteiger partial charge in [-0.2, -0.15) is 0 Å². The zero-order valence-electron chi connectivity index (χ0n) is 28.8. The van der Waals surface area contributed by atoms with E-state index in [0.717, 1.165) is 84.9 Å². The number of halogens is 2. The van der Waals surface area contributed by atoms with E-state index in [2.05, 4.69) is 37.4 Å². The molecule has 51 heavy (non-hydrogen) atoms. The third-order valence-corrected chi connectivity index (χ3v) is 10.3. The number of likely N-dealkylation sites (tertiary alicyclic amines) is 1. The molecule has 5 heterocycles. The van der Waals surface area contributed by atoms with Crippen LogP contribution in [0.4, 0.5) is 0 Å². The lowest BCUT2D eigenvalue weighted by atomic mass is 9.98. The Kier molecular flexibility index (Phi) is 10.8. The highest BCUT2D eigenvalue weighted by Crippen LogP contribution is 2.42. The summed E-state index contributed by atoms with van der Waals surface area (Å²) in [6, 6.07) is 11.9. The summed E-state index contributed by atoms with van der Waals surface area (Å²) in [6.07, 6.45) is 10.5. The molecule has 264 valence electrons. The molecule has 0 amide bonds. The van der Waals surface area contributed by atoms with E-state index in [1.807, 2.05) is 48.8 Å². The molecule has 0 spiro atoms. The van der Waals surface area contributed by atoms with Crippen LogP contribution < -0.4 is 25.4 Å². The number of aliphatic imine (C=N–C) groups is 1. The molecule has 7 rings (SSSR count). The van der Waals surface area contributed by atoms with Crippen LogP contribution in [-0.4, -0.2) is 77.5 Å². The van der Waals surface area contributed by atoms with Gasteiger partial charge in [-0.05, 0) is 25.8 Å². The van der Waals surface area contributed by atoms with E-state index in [9.17, 15) is 0 Å². The van der Waals surface area contributed by atoms with E-state index in [0.29, 0.717) is 63.8 Å². The molecule has 2 fully saturated rings. The van der Waals surface area contributed by atoms with Crippen LogP contribution >= 0.6 is 23.2 Å². The summed E-state index contributed by atoms with van der Waals surface area (Å²) in [7, 11) is 3.21. The van der Waals surface area contributed by atoms with Crippen LogP contribution in [0, 0.1) is 5.92 Å². The minimum absolute atomic E-state index is 0.364. The van der Waals surface area contributed by atoms with Crippen molar-refractivity contribution in [1.29, 1.82) is 0 Å². The highest BCUT2D eigenvalue weighted by atomic mass is 35.5. The Bertz CT molecular complexity index is 1990. The van der Waals surface area contributed by atoms with Crippen molar-refractivity contribution in [1.82, 2.24) is 40.8 Å². The molecule has 2 aromatic heterocycles. The van der Waals surface area contributed by atoms with Crippen LogP contribution in [0.2, 0.25) is 10.0 Å². The van der Waals surface area contributed by atoms with Gasteiger partial charge in [-0.1, -0.05) is 66.2 Å². The smallest absolute Gasteiger partial charge is 0.237 e. The van der Waals surface area contributed by atoms with E-state index in [4.69, 9.17) is 47.6 Å². The van der Waals surface area contributed by atoms with Gasteiger partial charge in [0.2, 0.25) is 11.8 Å². The summed E-state index contributed by atoms with van der Waals surface area (Å²) in [5.41, 5.74) is 7.84. The molecule has 0 aliphatic carbocycles. The molecule has 11 nitrogen and oxygen atoms in total. The van der Waals surface area contributed by atoms with E-state index < -0.39 is 0 Å². The zero-order valence-corrected chi connectivity index (χ0v) is 30.3. The summed E-state index contributed by atoms with van der Waals surface area (Å²) in [6.45, 7) is 8.60. The molecular formula is C38H41Cl2N9O2. The summed E-state index contributed by atoms with van der Waals surface area (Å²) < 4.78 is 11.4. The van der Waals surface area contributed by atoms with Crippen LogP contribution in [0.15, 0.2) is 78.0 Å². The van der Waals surface area contributed by atoms with Gasteiger partial charge in [0.1, 0.15) is 11.4 Å². The molecule has 4 aromatic rings. The first-order valence-electron chi connectivity index (χ1n) is 17.1. The molecule has 3 aliphatic rings. The van der Waals surface area contributed by atoms with Gasteiger partial charge >= 0.3 is 0 Å². The summed E-state index contributed by atoms with van der Waals surface area (Å²) >= 11 is 14.2. The fourth-order valence-electron chi connectivity index (χ4n) is 6.84. The van der Waals surface area contributed by atoms with Gasteiger partial charge in [0, 0.05) is 85.0 Å². The second kappa shape index (κ2) is 15.8. The van der Waals surface area contributed by atoms with E-state index >= 15 is 0 Å². The number of rotatable bonds is 12. The van der Waals surface area contributed by atoms with Gasteiger partial charge in [0.25, 0.3) is 0 Å². The van der Waals surface area contributed by atoms with Crippen LogP contribution in [0.1, 0.15) is 30.7 Å². The lowest BCUT2D eigenvalue weighted by Crippen LogP contribution is -2.33. The van der Waals surface area contributed by atoms with Crippen molar-refractivity contribution in [2.45, 2.75) is 38.4 Å². The first kappa shape index (κ1) is 34.9. The minimum Gasteiger partial charge on any atom is -0.480 e. The van der Waals surface area contributed by atoms with Crippen molar-refractivity contribution in [3.63, 3.8) is 0 Å². The standard InChI is InChI=1S/C38H41Cl2N9O2/c1-23-10-11-25(46-23)16-42-18-33-37(50-2)47-31(19-44-33)28-8-4-6-26(35(28)39)27-7-5-9-29(36(27)40)32-20-45-34(38(48-32)51-3)22-49-15-12-24(21-49)30-17-41-13-14-43-30/h4-9,14,17,19-20,24-25,41-42,46H,1,10-13,15-16,18,21-22H2,2-3H3/t24?,25-/m0/s1. The number of hydrogen-bond donors (Lipinski definition) is 3. The number of benzene rings is 2. The molecule has 2 atom stereocenters. The lowest BCUT2D eigenvalue weighted by Gasteiger charge is -2.18. The number of aromatic nitrogens is 4. The number of methoxy groups -OCH3 is 2. The maximum atomic E-state index is 7.12. The SMILES string of the molecule is C=C1CC[C@@H](CNCc2ncc(-c3cccc(-c4cccc(-c5cnc(CN6CCC(C7=CNCC=N7)C6)c(OC)n5)c4Cl)c3Cl)nc2OC)N1. The Morgan fingerprint density at radius 3 is 2.16 bits per heavy atom. The zero-order chi connectivity index (χ0) is 35.3. The third kappa shape index (κ3) is 7.72. The Morgan fingerprint density at radius 1 is 0.902 bits per heavy atom. The molecule has 0 radical (unpaired) electrons. The molecule has 2 aromatic carbocycles. The highest BCUT2D eigenvalue weighted by molar-refractivity contribution is 6.39. The van der Waals surface area contributed by atoms with E-state index in [-0.39, 0.29) is 0 Å². The van der Waals surface area contributed by atoms with E-state index in [1.165, 1.54) is 0 Å². The Morgan fingerprint density at radius 2 is 1.55 bits per heavy atom. The van der Waals surface area contributed by atoms with Crippen molar-refractivity contribution in [3.05, 3.63) is 94.4 Å². The molecule has 13 heteroatoms. The van der Waals surface area contributed by atoms with Gasteiger partial charge < -0.3 is 25.4 Å². The number of nitrogens with one attached hydrogen (secondary N) is 3. The summed E-state index contributed by atoms with van der Waals surface area (Å²) in [4.78, 5) is 26.1. The number of allylic oxidation sites excluding steroid dienone is 1. The largest absolute Gasteiger partial charge is 0.480 e. The maximum Gasteiger partial charge on any atom is 0.237 e. The first-order chi connectivity index (χ1) is 24.9. The predicted octanol–water partition coefficient (Wildman–Crippen LogP) is 6.28. The molecule has 0 saturated carbocycles. The predicted molar refractivity (Wildman–Crippen MR) is 202 cm³/mol. The highest BCUT2D eigenvalue weighted by Gasteiger charge is 2.28. The minimum atomic E-state index is 0.364. The number of nitrogens with zero attached hydrogens (tertiary/aromatic N) is 6. The van der Waals surface area contributed by atoms with Gasteiger partial charge in [-0.3, -0.25) is 19.9 Å². The van der Waals surface area contributed by atoms with Crippen molar-refractivity contribution in [2.24, 2.45) is 10.9 Å². The molecular weight excluding hydrogens is 685 g/mol. The average Bonchev–Trinajstić information content (AvgIpc) is 3.81. The second-order valence-corrected chi connectivity index (χ2v) is 13.6. The van der Waals surface area contributed by atoms with Gasteiger partial charge in [-0.25, -0.2) is 9.97 Å². The molecule has 1 unspecified atom stereocenters. The topological polar surface area (TPSA) is 122 Å². The Balaban J connectivity index is 1.09. The second-order valence-electron chi connectivity index (χ2n) is 12.9. The quantitative estimate of drug-likeness (QED) is 0.154. The monoisotopic (exact) mass is 725 g/mol. The number of ether oxygens (including phenoxy) is 2. The summed E-state index contributed by atoms with van der Waals surface area (Å²) in [5.74, 6) is 1.31. The molecule has 3 aliphatic heterocycles. The first-order valence-corrected chi connectivity index (χ1v) is 17.9. The fraction of sp³-hybridized carbons (Fsp3) is 0.342. The molecule has 3 N–H and O–H groups in total. The van der Waals surface area contributed by atoms with Crippen molar-refractivity contribution >= 4 is 29.4 Å². The average molecular weight is 727 g/mol. The maximum absolute atomic E-state index is 7.12. The number of hydrogen-bond acceptors (Lipinski definition) is 11. The van der Waals surface area contributed by atoms with Crippen LogP contribution in [0.5, 0.6) is 11.8 Å². The van der Waals surface area contributed by atoms with Gasteiger partial charge in [0.05, 0.1) is 53.7 Å². The molecule has 0 bridgehead atoms. The normalized spacial score (nSPS) is 18.7. The van der Waals surface area contributed by atoms with Gasteiger partial charge in [0.15, 0.2) is 0 Å². The fourth-order valence-corrected chi connectivity index (χ4v) is 7.49. The Labute approximate surface area is 308 Å². The lowest BCUT2D eigenvalue weighted by molar-refractivity contribution is 0.305. The van der Waals surface area contributed by atoms with Crippen LogP contribution in [0.3, 0.4) is 0 Å². The van der Waals surface area contributed by atoms with E-state index in [1.54, 1.807) is 26.6 Å².